The number of benzene rings is 2. The van der Waals surface area contributed by atoms with E-state index in [0.717, 1.165) is 17.3 Å². The van der Waals surface area contributed by atoms with Crippen LogP contribution in [0.3, 0.4) is 0 Å². The van der Waals surface area contributed by atoms with Crippen LogP contribution >= 0.6 is 12.2 Å². The van der Waals surface area contributed by atoms with E-state index in [9.17, 15) is 13.2 Å². The highest BCUT2D eigenvalue weighted by Gasteiger charge is 2.33. The SMILES string of the molecule is CN(CCO)c1ccc(/C=N\NC(=S)Nc2ccccc2C(F)(F)F)cc1. The van der Waals surface area contributed by atoms with Crippen LogP contribution < -0.4 is 15.6 Å². The van der Waals surface area contributed by atoms with Crippen molar-refractivity contribution in [1.29, 1.82) is 0 Å². The van der Waals surface area contributed by atoms with E-state index in [1.165, 1.54) is 24.4 Å². The lowest BCUT2D eigenvalue weighted by Crippen LogP contribution is -2.25. The van der Waals surface area contributed by atoms with Gasteiger partial charge in [0.05, 0.1) is 24.1 Å². The highest BCUT2D eigenvalue weighted by atomic mass is 32.1. The number of aliphatic hydroxyl groups excluding tert-OH is 1. The number of hydrogen-bond acceptors (Lipinski definition) is 4. The molecule has 0 spiro atoms. The van der Waals surface area contributed by atoms with E-state index in [0.29, 0.717) is 6.54 Å². The first-order chi connectivity index (χ1) is 12.8. The summed E-state index contributed by atoms with van der Waals surface area (Å²) in [4.78, 5) is 1.90. The van der Waals surface area contributed by atoms with Gasteiger partial charge in [-0.2, -0.15) is 18.3 Å². The van der Waals surface area contributed by atoms with Gasteiger partial charge in [0.15, 0.2) is 5.11 Å². The third-order valence-electron chi connectivity index (χ3n) is 3.63. The van der Waals surface area contributed by atoms with E-state index in [2.05, 4.69) is 15.8 Å². The molecule has 0 aromatic heterocycles. The van der Waals surface area contributed by atoms with E-state index < -0.39 is 11.7 Å². The molecule has 2 rings (SSSR count). The van der Waals surface area contributed by atoms with Gasteiger partial charge in [-0.1, -0.05) is 24.3 Å². The van der Waals surface area contributed by atoms with Gasteiger partial charge in [0.2, 0.25) is 0 Å². The number of aliphatic hydroxyl groups is 1. The van der Waals surface area contributed by atoms with E-state index in [1.807, 2.05) is 36.2 Å². The van der Waals surface area contributed by atoms with Crippen molar-refractivity contribution in [3.05, 3.63) is 59.7 Å². The van der Waals surface area contributed by atoms with Crippen LogP contribution in [0.15, 0.2) is 53.6 Å². The van der Waals surface area contributed by atoms with Crippen LogP contribution in [0.5, 0.6) is 0 Å². The van der Waals surface area contributed by atoms with Gasteiger partial charge in [-0.15, -0.1) is 0 Å². The predicted molar refractivity (Wildman–Crippen MR) is 105 cm³/mol. The van der Waals surface area contributed by atoms with Crippen molar-refractivity contribution < 1.29 is 18.3 Å². The molecule has 27 heavy (non-hydrogen) atoms. The number of nitrogens with zero attached hydrogens (tertiary/aromatic N) is 2. The van der Waals surface area contributed by atoms with Crippen LogP contribution in [0, 0.1) is 0 Å². The number of likely N-dealkylation sites (N-methyl/N-ethyl adjacent to an activating group) is 1. The Morgan fingerprint density at radius 3 is 2.48 bits per heavy atom. The molecule has 0 amide bonds. The van der Waals surface area contributed by atoms with Crippen molar-refractivity contribution >= 4 is 34.9 Å². The summed E-state index contributed by atoms with van der Waals surface area (Å²) in [5, 5.41) is 15.3. The van der Waals surface area contributed by atoms with Gasteiger partial charge in [0.25, 0.3) is 0 Å². The number of hydrogen-bond donors (Lipinski definition) is 3. The summed E-state index contributed by atoms with van der Waals surface area (Å²) in [6.45, 7) is 0.583. The fourth-order valence-electron chi connectivity index (χ4n) is 2.25. The third kappa shape index (κ3) is 6.22. The van der Waals surface area contributed by atoms with Gasteiger partial charge in [-0.05, 0) is 42.0 Å². The molecule has 2 aromatic carbocycles. The Labute approximate surface area is 160 Å². The molecule has 5 nitrogen and oxygen atoms in total. The Morgan fingerprint density at radius 1 is 1.19 bits per heavy atom. The molecular weight excluding hydrogens is 377 g/mol. The number of rotatable bonds is 6. The molecule has 2 aromatic rings. The van der Waals surface area contributed by atoms with Crippen molar-refractivity contribution in [2.75, 3.05) is 30.4 Å². The highest BCUT2D eigenvalue weighted by Crippen LogP contribution is 2.34. The van der Waals surface area contributed by atoms with E-state index in [4.69, 9.17) is 17.3 Å². The maximum Gasteiger partial charge on any atom is 0.418 e. The molecule has 3 N–H and O–H groups in total. The van der Waals surface area contributed by atoms with Gasteiger partial charge in [0, 0.05) is 19.3 Å². The molecule has 0 bridgehead atoms. The zero-order valence-corrected chi connectivity index (χ0v) is 15.3. The molecule has 0 saturated carbocycles. The van der Waals surface area contributed by atoms with Crippen LogP contribution in [-0.2, 0) is 6.18 Å². The van der Waals surface area contributed by atoms with Crippen LogP contribution in [0.1, 0.15) is 11.1 Å². The van der Waals surface area contributed by atoms with Crippen molar-refractivity contribution in [1.82, 2.24) is 5.43 Å². The second-order valence-electron chi connectivity index (χ2n) is 5.60. The molecule has 9 heteroatoms. The average molecular weight is 396 g/mol. The fraction of sp³-hybridized carbons (Fsp3) is 0.222. The number of thiocarbonyl (C=S) groups is 1. The quantitative estimate of drug-likeness (QED) is 0.397. The molecule has 0 aliphatic rings. The van der Waals surface area contributed by atoms with Gasteiger partial charge >= 0.3 is 6.18 Å². The zero-order chi connectivity index (χ0) is 19.9. The minimum Gasteiger partial charge on any atom is -0.395 e. The molecule has 0 atom stereocenters. The average Bonchev–Trinajstić information content (AvgIpc) is 2.62. The van der Waals surface area contributed by atoms with Crippen LogP contribution in [-0.4, -0.2) is 36.6 Å². The summed E-state index contributed by atoms with van der Waals surface area (Å²) in [5.41, 5.74) is 3.27. The Kier molecular flexibility index (Phi) is 7.14. The maximum absolute atomic E-state index is 13.0. The summed E-state index contributed by atoms with van der Waals surface area (Å²) >= 11 is 4.98. The van der Waals surface area contributed by atoms with Crippen molar-refractivity contribution in [3.8, 4) is 0 Å². The largest absolute Gasteiger partial charge is 0.418 e. The Hall–Kier alpha value is -2.65. The van der Waals surface area contributed by atoms with Crippen LogP contribution in [0.25, 0.3) is 0 Å². The van der Waals surface area contributed by atoms with E-state index >= 15 is 0 Å². The first-order valence-electron chi connectivity index (χ1n) is 7.99. The smallest absolute Gasteiger partial charge is 0.395 e. The Bertz CT molecular complexity index is 794. The monoisotopic (exact) mass is 396 g/mol. The topological polar surface area (TPSA) is 59.9 Å². The molecule has 0 radical (unpaired) electrons. The van der Waals surface area contributed by atoms with E-state index in [1.54, 1.807) is 0 Å². The predicted octanol–water partition coefficient (Wildman–Crippen LogP) is 3.45. The summed E-state index contributed by atoms with van der Waals surface area (Å²) in [5.74, 6) is 0. The lowest BCUT2D eigenvalue weighted by Gasteiger charge is -2.17. The molecule has 0 aliphatic carbocycles. The summed E-state index contributed by atoms with van der Waals surface area (Å²) in [6, 6.07) is 12.4. The number of nitrogens with one attached hydrogen (secondary N) is 2. The number of hydrazone groups is 1. The molecular formula is C18H19F3N4OS. The molecule has 0 unspecified atom stereocenters. The van der Waals surface area contributed by atoms with Crippen LogP contribution in [0.4, 0.5) is 24.5 Å². The second-order valence-corrected chi connectivity index (χ2v) is 6.01. The summed E-state index contributed by atoms with van der Waals surface area (Å²) in [6.07, 6.45) is -2.98. The lowest BCUT2D eigenvalue weighted by atomic mass is 10.2. The number of para-hydroxylation sites is 1. The number of halogens is 3. The van der Waals surface area contributed by atoms with Gasteiger partial charge in [-0.3, -0.25) is 5.43 Å². The molecule has 0 fully saturated rings. The van der Waals surface area contributed by atoms with Crippen molar-refractivity contribution in [2.45, 2.75) is 6.18 Å². The van der Waals surface area contributed by atoms with Gasteiger partial charge in [-0.25, -0.2) is 0 Å². The third-order valence-corrected chi connectivity index (χ3v) is 3.82. The highest BCUT2D eigenvalue weighted by molar-refractivity contribution is 7.80. The first-order valence-corrected chi connectivity index (χ1v) is 8.40. The standard InChI is InChI=1S/C18H19F3N4OS/c1-25(10-11-26)14-8-6-13(7-9-14)12-22-24-17(27)23-16-5-3-2-4-15(16)18(19,20)21/h2-9,12,26H,10-11H2,1H3,(H2,23,24,27)/b22-12-. The Balaban J connectivity index is 1.94. The molecule has 0 aliphatic heterocycles. The summed E-state index contributed by atoms with van der Waals surface area (Å²) in [7, 11) is 1.86. The Morgan fingerprint density at radius 2 is 1.85 bits per heavy atom. The number of alkyl halides is 3. The van der Waals surface area contributed by atoms with Gasteiger partial charge < -0.3 is 15.3 Å². The normalized spacial score (nSPS) is 11.4. The molecule has 144 valence electrons. The molecule has 0 saturated heterocycles. The van der Waals surface area contributed by atoms with Crippen molar-refractivity contribution in [3.63, 3.8) is 0 Å². The minimum absolute atomic E-state index is 0.0535. The zero-order valence-electron chi connectivity index (χ0n) is 14.5. The van der Waals surface area contributed by atoms with E-state index in [-0.39, 0.29) is 17.4 Å². The molecule has 0 heterocycles. The second kappa shape index (κ2) is 9.33. The van der Waals surface area contributed by atoms with Crippen molar-refractivity contribution in [2.24, 2.45) is 5.10 Å². The maximum atomic E-state index is 13.0. The lowest BCUT2D eigenvalue weighted by molar-refractivity contribution is -0.136. The number of anilines is 2. The fourth-order valence-corrected chi connectivity index (χ4v) is 2.41. The minimum atomic E-state index is -4.48. The van der Waals surface area contributed by atoms with Crippen LogP contribution in [0.2, 0.25) is 0 Å². The van der Waals surface area contributed by atoms with Gasteiger partial charge in [0.1, 0.15) is 0 Å². The summed E-state index contributed by atoms with van der Waals surface area (Å²) < 4.78 is 38.9. The first kappa shape index (κ1) is 20.7.